The zero-order valence-electron chi connectivity index (χ0n) is 11.9. The fraction of sp³-hybridized carbons (Fsp3) is 0.714. The van der Waals surface area contributed by atoms with Crippen LogP contribution >= 0.6 is 0 Å². The third-order valence-corrected chi connectivity index (χ3v) is 4.43. The van der Waals surface area contributed by atoms with Gasteiger partial charge in [-0.25, -0.2) is 4.79 Å². The maximum Gasteiger partial charge on any atom is 0.336 e. The fourth-order valence-electron chi connectivity index (χ4n) is 3.13. The molecule has 0 radical (unpaired) electrons. The average molecular weight is 280 g/mol. The normalized spacial score (nSPS) is 30.1. The van der Waals surface area contributed by atoms with Crippen molar-refractivity contribution in [3.05, 3.63) is 11.3 Å². The van der Waals surface area contributed by atoms with E-state index in [0.29, 0.717) is 30.7 Å². The monoisotopic (exact) mass is 280 g/mol. The van der Waals surface area contributed by atoms with Crippen LogP contribution in [0.25, 0.3) is 0 Å². The van der Waals surface area contributed by atoms with E-state index in [2.05, 4.69) is 5.32 Å². The number of nitrogens with zero attached hydrogens (tertiary/aromatic N) is 1. The molecular formula is C14H20N2O4. The summed E-state index contributed by atoms with van der Waals surface area (Å²) in [7, 11) is 0. The highest BCUT2D eigenvalue weighted by Crippen LogP contribution is 2.34. The van der Waals surface area contributed by atoms with Crippen LogP contribution in [0.1, 0.15) is 26.7 Å². The lowest BCUT2D eigenvalue weighted by atomic mass is 9.88. The first-order valence-corrected chi connectivity index (χ1v) is 7.10. The van der Waals surface area contributed by atoms with Gasteiger partial charge < -0.3 is 19.7 Å². The number of piperidine rings is 1. The van der Waals surface area contributed by atoms with Crippen molar-refractivity contribution < 1.29 is 19.1 Å². The molecule has 1 atom stereocenters. The molecule has 2 saturated heterocycles. The van der Waals surface area contributed by atoms with Crippen molar-refractivity contribution >= 4 is 11.9 Å². The van der Waals surface area contributed by atoms with Crippen LogP contribution in [-0.2, 0) is 19.1 Å². The topological polar surface area (TPSA) is 67.9 Å². The summed E-state index contributed by atoms with van der Waals surface area (Å²) in [6.45, 7) is 5.90. The van der Waals surface area contributed by atoms with E-state index in [1.165, 1.54) is 0 Å². The number of cyclic esters (lactones) is 1. The molecule has 1 unspecified atom stereocenters. The van der Waals surface area contributed by atoms with Crippen LogP contribution in [0, 0.1) is 0 Å². The van der Waals surface area contributed by atoms with Gasteiger partial charge in [0.2, 0.25) is 0 Å². The van der Waals surface area contributed by atoms with Crippen molar-refractivity contribution in [1.82, 2.24) is 10.2 Å². The SMILES string of the molecule is CC1=C(N2C(=O)C3(CCNCC3)OCC2C)COC1=O. The summed E-state index contributed by atoms with van der Waals surface area (Å²) in [5.41, 5.74) is 0.515. The van der Waals surface area contributed by atoms with Crippen molar-refractivity contribution in [2.45, 2.75) is 38.3 Å². The molecule has 0 aromatic heterocycles. The summed E-state index contributed by atoms with van der Waals surface area (Å²) in [5.74, 6) is -0.351. The predicted octanol–water partition coefficient (Wildman–Crippen LogP) is 0.187. The van der Waals surface area contributed by atoms with Crippen LogP contribution in [0.3, 0.4) is 0 Å². The van der Waals surface area contributed by atoms with E-state index in [-0.39, 0.29) is 24.5 Å². The standard InChI is InChI=1S/C14H20N2O4/c1-9-7-20-14(3-5-15-6-4-14)13(18)16(9)11-8-19-12(17)10(11)2/h9,15H,3-8H2,1-2H3. The minimum atomic E-state index is -0.726. The third kappa shape index (κ3) is 1.94. The van der Waals surface area contributed by atoms with Gasteiger partial charge in [0.05, 0.1) is 23.9 Å². The lowest BCUT2D eigenvalue weighted by Crippen LogP contribution is -2.62. The van der Waals surface area contributed by atoms with E-state index in [4.69, 9.17) is 9.47 Å². The second kappa shape index (κ2) is 4.86. The lowest BCUT2D eigenvalue weighted by Gasteiger charge is -2.46. The van der Waals surface area contributed by atoms with Crippen molar-refractivity contribution in [3.8, 4) is 0 Å². The second-order valence-electron chi connectivity index (χ2n) is 5.73. The number of hydrogen-bond donors (Lipinski definition) is 1. The van der Waals surface area contributed by atoms with Gasteiger partial charge in [-0.3, -0.25) is 4.79 Å². The summed E-state index contributed by atoms with van der Waals surface area (Å²) in [6.07, 6.45) is 1.35. The molecule has 0 aromatic carbocycles. The molecule has 0 aliphatic carbocycles. The summed E-state index contributed by atoms with van der Waals surface area (Å²) >= 11 is 0. The maximum absolute atomic E-state index is 12.9. The van der Waals surface area contributed by atoms with E-state index in [1.807, 2.05) is 6.92 Å². The molecule has 3 aliphatic heterocycles. The number of ether oxygens (including phenoxy) is 2. The Morgan fingerprint density at radius 2 is 2.00 bits per heavy atom. The van der Waals surface area contributed by atoms with Crippen molar-refractivity contribution in [3.63, 3.8) is 0 Å². The Bertz CT molecular complexity index is 480. The predicted molar refractivity (Wildman–Crippen MR) is 70.8 cm³/mol. The Balaban J connectivity index is 1.93. The van der Waals surface area contributed by atoms with Crippen LogP contribution < -0.4 is 5.32 Å². The molecule has 6 nitrogen and oxygen atoms in total. The number of hydrogen-bond acceptors (Lipinski definition) is 5. The van der Waals surface area contributed by atoms with Gasteiger partial charge in [0.1, 0.15) is 12.2 Å². The van der Waals surface area contributed by atoms with E-state index in [0.717, 1.165) is 13.1 Å². The molecule has 2 fully saturated rings. The highest BCUT2D eigenvalue weighted by atomic mass is 16.5. The van der Waals surface area contributed by atoms with Gasteiger partial charge in [-0.1, -0.05) is 0 Å². The third-order valence-electron chi connectivity index (χ3n) is 4.43. The number of carbonyl (C=O) groups is 2. The molecule has 3 rings (SSSR count). The lowest BCUT2D eigenvalue weighted by molar-refractivity contribution is -0.180. The van der Waals surface area contributed by atoms with E-state index < -0.39 is 5.60 Å². The van der Waals surface area contributed by atoms with Gasteiger partial charge in [0.15, 0.2) is 0 Å². The molecule has 110 valence electrons. The zero-order valence-corrected chi connectivity index (χ0v) is 11.9. The smallest absolute Gasteiger partial charge is 0.336 e. The second-order valence-corrected chi connectivity index (χ2v) is 5.73. The van der Waals surface area contributed by atoms with Gasteiger partial charge in [0.25, 0.3) is 5.91 Å². The minimum Gasteiger partial charge on any atom is -0.456 e. The van der Waals surface area contributed by atoms with Crippen LogP contribution in [0.15, 0.2) is 11.3 Å². The van der Waals surface area contributed by atoms with Gasteiger partial charge in [-0.15, -0.1) is 0 Å². The fourth-order valence-corrected chi connectivity index (χ4v) is 3.13. The minimum absolute atomic E-state index is 0.0228. The molecular weight excluding hydrogens is 260 g/mol. The quantitative estimate of drug-likeness (QED) is 0.694. The van der Waals surface area contributed by atoms with Gasteiger partial charge in [-0.05, 0) is 39.8 Å². The summed E-state index contributed by atoms with van der Waals surface area (Å²) < 4.78 is 10.9. The molecule has 1 spiro atoms. The van der Waals surface area contributed by atoms with Crippen LogP contribution in [0.5, 0.6) is 0 Å². The number of amides is 1. The average Bonchev–Trinajstić information content (AvgIpc) is 2.78. The van der Waals surface area contributed by atoms with E-state index in [9.17, 15) is 9.59 Å². The van der Waals surface area contributed by atoms with E-state index >= 15 is 0 Å². The van der Waals surface area contributed by atoms with Crippen LogP contribution in [0.2, 0.25) is 0 Å². The molecule has 1 N–H and O–H groups in total. The summed E-state index contributed by atoms with van der Waals surface area (Å²) in [5, 5.41) is 3.25. The molecule has 3 aliphatic rings. The maximum atomic E-state index is 12.9. The van der Waals surface area contributed by atoms with Crippen molar-refractivity contribution in [1.29, 1.82) is 0 Å². The van der Waals surface area contributed by atoms with Crippen LogP contribution in [0.4, 0.5) is 0 Å². The Labute approximate surface area is 118 Å². The summed E-state index contributed by atoms with van der Waals surface area (Å²) in [4.78, 5) is 26.2. The number of morpholine rings is 1. The molecule has 0 bridgehead atoms. The first-order valence-electron chi connectivity index (χ1n) is 7.10. The van der Waals surface area contributed by atoms with Gasteiger partial charge in [-0.2, -0.15) is 0 Å². The molecule has 20 heavy (non-hydrogen) atoms. The highest BCUT2D eigenvalue weighted by molar-refractivity contribution is 5.94. The molecule has 0 saturated carbocycles. The van der Waals surface area contributed by atoms with Crippen LogP contribution in [-0.4, -0.2) is 54.7 Å². The zero-order chi connectivity index (χ0) is 14.3. The Morgan fingerprint density at radius 3 is 2.60 bits per heavy atom. The molecule has 6 heteroatoms. The van der Waals surface area contributed by atoms with Gasteiger partial charge in [0, 0.05) is 0 Å². The first-order chi connectivity index (χ1) is 9.55. The van der Waals surface area contributed by atoms with Gasteiger partial charge >= 0.3 is 5.97 Å². The molecule has 3 heterocycles. The Hall–Kier alpha value is -1.40. The summed E-state index contributed by atoms with van der Waals surface area (Å²) in [6, 6.07) is -0.0672. The Kier molecular flexibility index (Phi) is 3.30. The first kappa shape index (κ1) is 13.6. The van der Waals surface area contributed by atoms with Crippen molar-refractivity contribution in [2.75, 3.05) is 26.3 Å². The number of carbonyl (C=O) groups excluding carboxylic acids is 2. The molecule has 0 aromatic rings. The number of rotatable bonds is 1. The van der Waals surface area contributed by atoms with E-state index in [1.54, 1.807) is 11.8 Å². The largest absolute Gasteiger partial charge is 0.456 e. The number of nitrogens with one attached hydrogen (secondary N) is 1. The highest BCUT2D eigenvalue weighted by Gasteiger charge is 2.50. The Morgan fingerprint density at radius 1 is 1.30 bits per heavy atom. The number of esters is 1. The van der Waals surface area contributed by atoms with Crippen molar-refractivity contribution in [2.24, 2.45) is 0 Å². The molecule has 1 amide bonds.